The number of oxime groups is 1. The summed E-state index contributed by atoms with van der Waals surface area (Å²) in [5.41, 5.74) is 5.15. The minimum Gasteiger partial charge on any atom is -0.510 e. The smallest absolute Gasteiger partial charge is 0.229 e. The second-order valence-electron chi connectivity index (χ2n) is 2.28. The van der Waals surface area contributed by atoms with Crippen LogP contribution in [0.1, 0.15) is 0 Å². The fourth-order valence-electron chi connectivity index (χ4n) is 0.919. The molecule has 0 bridgehead atoms. The molecule has 0 aliphatic carbocycles. The van der Waals surface area contributed by atoms with Gasteiger partial charge in [-0.1, -0.05) is 5.16 Å². The Morgan fingerprint density at radius 2 is 2.33 bits per heavy atom. The first-order chi connectivity index (χ1) is 5.57. The van der Waals surface area contributed by atoms with E-state index >= 15 is 0 Å². The molecule has 12 heavy (non-hydrogen) atoms. The van der Waals surface area contributed by atoms with E-state index in [2.05, 4.69) is 5.16 Å². The van der Waals surface area contributed by atoms with Crippen molar-refractivity contribution in [2.75, 3.05) is 6.54 Å². The minimum absolute atomic E-state index is 0.00435. The Balaban J connectivity index is 3.04. The van der Waals surface area contributed by atoms with Crippen LogP contribution in [0.4, 0.5) is 0 Å². The van der Waals surface area contributed by atoms with Crippen LogP contribution in [0, 0.1) is 5.41 Å². The molecule has 0 atom stereocenters. The van der Waals surface area contributed by atoms with Crippen molar-refractivity contribution in [2.45, 2.75) is 0 Å². The Bertz CT molecular complexity index is 285. The van der Waals surface area contributed by atoms with Gasteiger partial charge < -0.3 is 20.9 Å². The van der Waals surface area contributed by atoms with Crippen LogP contribution in [-0.2, 0) is 0 Å². The van der Waals surface area contributed by atoms with Crippen LogP contribution in [0.25, 0.3) is 0 Å². The summed E-state index contributed by atoms with van der Waals surface area (Å²) >= 11 is 0. The van der Waals surface area contributed by atoms with Crippen molar-refractivity contribution in [1.29, 1.82) is 5.41 Å². The fourth-order valence-corrected chi connectivity index (χ4v) is 0.919. The Labute approximate surface area is 69.9 Å². The largest absolute Gasteiger partial charge is 0.510 e. The molecule has 0 unspecified atom stereocenters. The summed E-state index contributed by atoms with van der Waals surface area (Å²) in [4.78, 5) is 0.989. The molecule has 1 heterocycles. The molecule has 7 heteroatoms. The summed E-state index contributed by atoms with van der Waals surface area (Å²) in [6.07, 6.45) is 0. The highest BCUT2D eigenvalue weighted by atomic mass is 16.4. The Kier molecular flexibility index (Phi) is 1.94. The summed E-state index contributed by atoms with van der Waals surface area (Å²) in [5.74, 6) is -0.647. The van der Waals surface area contributed by atoms with Gasteiger partial charge in [-0.05, 0) is 0 Å². The molecular formula is C5H7BN4O2. The van der Waals surface area contributed by atoms with Gasteiger partial charge in [0.05, 0.1) is 6.54 Å². The highest BCUT2D eigenvalue weighted by molar-refractivity contribution is 6.30. The predicted octanol–water partition coefficient (Wildman–Crippen LogP) is -1.08. The Morgan fingerprint density at radius 1 is 1.75 bits per heavy atom. The zero-order chi connectivity index (χ0) is 9.30. The summed E-state index contributed by atoms with van der Waals surface area (Å²) in [6, 6.07) is 0. The second kappa shape index (κ2) is 2.76. The van der Waals surface area contributed by atoms with Crippen molar-refractivity contribution in [3.8, 4) is 0 Å². The number of hydrogen-bond donors (Lipinski definition) is 4. The van der Waals surface area contributed by atoms with E-state index in [0.29, 0.717) is 0 Å². The molecule has 1 rings (SSSR count). The SMILES string of the molecule is [B]N1CC(O)=C(C(N)=NO)C1=N. The van der Waals surface area contributed by atoms with Gasteiger partial charge in [-0.25, -0.2) is 0 Å². The topological polar surface area (TPSA) is 106 Å². The molecule has 2 radical (unpaired) electrons. The number of hydrogen-bond acceptors (Lipinski definition) is 4. The molecule has 0 saturated carbocycles. The standard InChI is InChI=1S/C5H7BN4O2/c6-10-1-2(11)3(5(10)8)4(7)9-12/h8,11-12H,1H2,(H2,7,9). The van der Waals surface area contributed by atoms with Gasteiger partial charge in [-0.15, -0.1) is 0 Å². The quantitative estimate of drug-likeness (QED) is 0.131. The van der Waals surface area contributed by atoms with Gasteiger partial charge in [0, 0.05) is 0 Å². The van der Waals surface area contributed by atoms with E-state index < -0.39 is 0 Å². The molecule has 0 fully saturated rings. The number of nitrogens with one attached hydrogen (secondary N) is 1. The number of aliphatic hydroxyl groups excluding tert-OH is 1. The third-order valence-electron chi connectivity index (χ3n) is 1.50. The van der Waals surface area contributed by atoms with Crippen LogP contribution < -0.4 is 5.73 Å². The monoisotopic (exact) mass is 166 g/mol. The van der Waals surface area contributed by atoms with Gasteiger partial charge in [0.15, 0.2) is 5.84 Å². The fraction of sp³-hybridized carbons (Fsp3) is 0.200. The third-order valence-corrected chi connectivity index (χ3v) is 1.50. The first-order valence-electron chi connectivity index (χ1n) is 3.09. The van der Waals surface area contributed by atoms with E-state index in [1.807, 2.05) is 0 Å². The van der Waals surface area contributed by atoms with Crippen molar-refractivity contribution >= 4 is 19.7 Å². The van der Waals surface area contributed by atoms with Crippen molar-refractivity contribution in [3.05, 3.63) is 11.3 Å². The molecule has 0 aromatic carbocycles. The van der Waals surface area contributed by atoms with Crippen LogP contribution >= 0.6 is 0 Å². The van der Waals surface area contributed by atoms with E-state index in [1.165, 1.54) is 0 Å². The number of rotatable bonds is 1. The van der Waals surface area contributed by atoms with E-state index in [4.69, 9.17) is 24.3 Å². The average Bonchev–Trinajstić information content (AvgIpc) is 2.26. The molecule has 0 aromatic rings. The number of nitrogens with two attached hydrogens (primary N) is 1. The molecule has 0 spiro atoms. The van der Waals surface area contributed by atoms with Crippen LogP contribution in [0.2, 0.25) is 0 Å². The molecule has 6 nitrogen and oxygen atoms in total. The second-order valence-corrected chi connectivity index (χ2v) is 2.28. The molecule has 1 aliphatic heterocycles. The number of amidine groups is 2. The Hall–Kier alpha value is -1.66. The third kappa shape index (κ3) is 1.09. The summed E-state index contributed by atoms with van der Waals surface area (Å²) < 4.78 is 0. The molecule has 5 N–H and O–H groups in total. The van der Waals surface area contributed by atoms with Gasteiger partial charge in [0.1, 0.15) is 17.2 Å². The van der Waals surface area contributed by atoms with Crippen LogP contribution in [0.5, 0.6) is 0 Å². The van der Waals surface area contributed by atoms with Gasteiger partial charge in [0.2, 0.25) is 7.98 Å². The number of aliphatic hydroxyl groups is 1. The molecule has 0 amide bonds. The first kappa shape index (κ1) is 8.44. The lowest BCUT2D eigenvalue weighted by Gasteiger charge is -2.10. The maximum Gasteiger partial charge on any atom is 0.229 e. The average molecular weight is 166 g/mol. The van der Waals surface area contributed by atoms with E-state index in [9.17, 15) is 5.11 Å². The normalized spacial score (nSPS) is 19.2. The van der Waals surface area contributed by atoms with Gasteiger partial charge in [0.25, 0.3) is 0 Å². The van der Waals surface area contributed by atoms with E-state index in [0.717, 1.165) is 4.81 Å². The van der Waals surface area contributed by atoms with E-state index in [1.54, 1.807) is 0 Å². The van der Waals surface area contributed by atoms with Crippen molar-refractivity contribution in [2.24, 2.45) is 10.9 Å². The van der Waals surface area contributed by atoms with Crippen molar-refractivity contribution in [1.82, 2.24) is 4.81 Å². The van der Waals surface area contributed by atoms with Gasteiger partial charge >= 0.3 is 0 Å². The van der Waals surface area contributed by atoms with Crippen molar-refractivity contribution < 1.29 is 10.3 Å². The zero-order valence-electron chi connectivity index (χ0n) is 6.15. The predicted molar refractivity (Wildman–Crippen MR) is 43.3 cm³/mol. The maximum absolute atomic E-state index is 9.18. The lowest BCUT2D eigenvalue weighted by molar-refractivity contribution is 0.318. The molecule has 62 valence electrons. The Morgan fingerprint density at radius 3 is 2.67 bits per heavy atom. The summed E-state index contributed by atoms with van der Waals surface area (Å²) in [5, 5.41) is 27.4. The van der Waals surface area contributed by atoms with Crippen LogP contribution in [-0.4, -0.2) is 41.3 Å². The summed E-state index contributed by atoms with van der Waals surface area (Å²) in [6.45, 7) is 0.00435. The van der Waals surface area contributed by atoms with Crippen LogP contribution in [0.3, 0.4) is 0 Å². The molecule has 1 aliphatic rings. The van der Waals surface area contributed by atoms with Crippen molar-refractivity contribution in [3.63, 3.8) is 0 Å². The highest BCUT2D eigenvalue weighted by Gasteiger charge is 2.26. The van der Waals surface area contributed by atoms with Crippen LogP contribution in [0.15, 0.2) is 16.5 Å². The lowest BCUT2D eigenvalue weighted by Crippen LogP contribution is -2.27. The van der Waals surface area contributed by atoms with Gasteiger partial charge in [-0.3, -0.25) is 5.41 Å². The first-order valence-corrected chi connectivity index (χ1v) is 3.09. The lowest BCUT2D eigenvalue weighted by atomic mass is 10.2. The van der Waals surface area contributed by atoms with E-state index in [-0.39, 0.29) is 29.5 Å². The highest BCUT2D eigenvalue weighted by Crippen LogP contribution is 2.14. The van der Waals surface area contributed by atoms with Gasteiger partial charge in [-0.2, -0.15) is 0 Å². The zero-order valence-corrected chi connectivity index (χ0v) is 6.15. The summed E-state index contributed by atoms with van der Waals surface area (Å²) in [7, 11) is 5.27. The number of nitrogens with zero attached hydrogens (tertiary/aromatic N) is 2. The minimum atomic E-state index is -0.314. The molecular weight excluding hydrogens is 159 g/mol. The molecule has 0 aromatic heterocycles. The molecule has 0 saturated heterocycles. The maximum atomic E-state index is 9.18.